The van der Waals surface area contributed by atoms with Crippen LogP contribution in [0.15, 0.2) is 35.1 Å². The Kier molecular flexibility index (Phi) is 4.25. The fraction of sp³-hybridized carbons (Fsp3) is 0.333. The Bertz CT molecular complexity index is 925. The molecule has 3 aromatic rings. The SMILES string of the molecule is COc1ccc(CN2CCCc3cn4ncc(Br)c4nc32)c(OC)c1. The molecule has 0 saturated carbocycles. The Morgan fingerprint density at radius 3 is 2.92 bits per heavy atom. The molecule has 3 heterocycles. The summed E-state index contributed by atoms with van der Waals surface area (Å²) in [6, 6.07) is 5.94. The largest absolute Gasteiger partial charge is 0.497 e. The molecule has 4 rings (SSSR count). The molecule has 0 bridgehead atoms. The first-order chi connectivity index (χ1) is 12.2. The molecule has 7 heteroatoms. The highest BCUT2D eigenvalue weighted by Gasteiger charge is 2.22. The van der Waals surface area contributed by atoms with Gasteiger partial charge in [-0.2, -0.15) is 5.10 Å². The van der Waals surface area contributed by atoms with Crippen molar-refractivity contribution in [2.75, 3.05) is 25.7 Å². The Morgan fingerprint density at radius 1 is 1.24 bits per heavy atom. The van der Waals surface area contributed by atoms with E-state index < -0.39 is 0 Å². The lowest BCUT2D eigenvalue weighted by Gasteiger charge is -2.30. The highest BCUT2D eigenvalue weighted by Crippen LogP contribution is 2.31. The van der Waals surface area contributed by atoms with Crippen LogP contribution in [0.3, 0.4) is 0 Å². The maximum atomic E-state index is 5.55. The van der Waals surface area contributed by atoms with Crippen LogP contribution in [0.2, 0.25) is 0 Å². The standard InChI is InChI=1S/C18H19BrN4O2/c1-24-14-6-5-12(16(8-14)25-2)10-22-7-3-4-13-11-23-18(21-17(13)22)15(19)9-20-23/h5-6,8-9,11H,3-4,7,10H2,1-2H3. The molecule has 1 aromatic carbocycles. The fourth-order valence-electron chi connectivity index (χ4n) is 3.27. The Hall–Kier alpha value is -2.28. The molecule has 0 N–H and O–H groups in total. The summed E-state index contributed by atoms with van der Waals surface area (Å²) in [6.07, 6.45) is 5.98. The van der Waals surface area contributed by atoms with Crippen LogP contribution in [0.4, 0.5) is 5.82 Å². The van der Waals surface area contributed by atoms with Crippen molar-refractivity contribution in [3.05, 3.63) is 46.2 Å². The van der Waals surface area contributed by atoms with Crippen molar-refractivity contribution in [3.8, 4) is 11.5 Å². The highest BCUT2D eigenvalue weighted by molar-refractivity contribution is 9.10. The van der Waals surface area contributed by atoms with E-state index in [0.717, 1.165) is 58.9 Å². The number of halogens is 1. The van der Waals surface area contributed by atoms with E-state index in [9.17, 15) is 0 Å². The molecular formula is C18H19BrN4O2. The van der Waals surface area contributed by atoms with Gasteiger partial charge in [-0.1, -0.05) is 0 Å². The molecule has 6 nitrogen and oxygen atoms in total. The predicted octanol–water partition coefficient (Wildman–Crippen LogP) is 3.46. The number of hydrogen-bond acceptors (Lipinski definition) is 5. The van der Waals surface area contributed by atoms with Crippen LogP contribution in [-0.2, 0) is 13.0 Å². The third-order valence-corrected chi connectivity index (χ3v) is 5.09. The minimum absolute atomic E-state index is 0.745. The molecule has 130 valence electrons. The number of methoxy groups -OCH3 is 2. The minimum atomic E-state index is 0.745. The van der Waals surface area contributed by atoms with Crippen molar-refractivity contribution in [3.63, 3.8) is 0 Å². The van der Waals surface area contributed by atoms with Crippen molar-refractivity contribution < 1.29 is 9.47 Å². The lowest BCUT2D eigenvalue weighted by molar-refractivity contribution is 0.390. The van der Waals surface area contributed by atoms with Gasteiger partial charge in [0.15, 0.2) is 5.65 Å². The zero-order chi connectivity index (χ0) is 17.4. The summed E-state index contributed by atoms with van der Waals surface area (Å²) >= 11 is 3.52. The normalized spacial score (nSPS) is 13.8. The molecule has 0 aliphatic carbocycles. The van der Waals surface area contributed by atoms with E-state index >= 15 is 0 Å². The van der Waals surface area contributed by atoms with Crippen LogP contribution in [0, 0.1) is 0 Å². The molecule has 1 aliphatic rings. The molecule has 0 atom stereocenters. The van der Waals surface area contributed by atoms with Gasteiger partial charge in [0.05, 0.1) is 24.9 Å². The zero-order valence-electron chi connectivity index (χ0n) is 14.2. The van der Waals surface area contributed by atoms with E-state index in [2.05, 4.69) is 38.2 Å². The first-order valence-electron chi connectivity index (χ1n) is 8.18. The third kappa shape index (κ3) is 2.93. The van der Waals surface area contributed by atoms with Gasteiger partial charge in [0.2, 0.25) is 0 Å². The predicted molar refractivity (Wildman–Crippen MR) is 99.6 cm³/mol. The second-order valence-electron chi connectivity index (χ2n) is 6.05. The van der Waals surface area contributed by atoms with Gasteiger partial charge in [0.25, 0.3) is 0 Å². The van der Waals surface area contributed by atoms with Gasteiger partial charge in [-0.3, -0.25) is 0 Å². The first-order valence-corrected chi connectivity index (χ1v) is 8.97. The number of rotatable bonds is 4. The number of aromatic nitrogens is 3. The van der Waals surface area contributed by atoms with Crippen LogP contribution >= 0.6 is 15.9 Å². The van der Waals surface area contributed by atoms with E-state index in [4.69, 9.17) is 14.5 Å². The van der Waals surface area contributed by atoms with Crippen LogP contribution in [-0.4, -0.2) is 35.4 Å². The van der Waals surface area contributed by atoms with Gasteiger partial charge in [0, 0.05) is 36.5 Å². The molecular weight excluding hydrogens is 384 g/mol. The van der Waals surface area contributed by atoms with E-state index in [1.54, 1.807) is 20.4 Å². The van der Waals surface area contributed by atoms with E-state index in [-0.39, 0.29) is 0 Å². The molecule has 0 fully saturated rings. The zero-order valence-corrected chi connectivity index (χ0v) is 15.8. The quantitative estimate of drug-likeness (QED) is 0.668. The number of fused-ring (bicyclic) bond motifs is 2. The van der Waals surface area contributed by atoms with Crippen molar-refractivity contribution in [1.29, 1.82) is 0 Å². The number of nitrogens with zero attached hydrogens (tertiary/aromatic N) is 4. The van der Waals surface area contributed by atoms with Gasteiger partial charge in [-0.15, -0.1) is 0 Å². The van der Waals surface area contributed by atoms with Gasteiger partial charge >= 0.3 is 0 Å². The summed E-state index contributed by atoms with van der Waals surface area (Å²) in [5.74, 6) is 2.65. The topological polar surface area (TPSA) is 51.9 Å². The van der Waals surface area contributed by atoms with Crippen molar-refractivity contribution >= 4 is 27.4 Å². The Labute approximate surface area is 154 Å². The summed E-state index contributed by atoms with van der Waals surface area (Å²) in [7, 11) is 3.35. The average molecular weight is 403 g/mol. The minimum Gasteiger partial charge on any atom is -0.497 e. The second kappa shape index (κ2) is 6.55. The molecule has 0 spiro atoms. The number of ether oxygens (including phenoxy) is 2. The maximum absolute atomic E-state index is 5.55. The molecule has 0 amide bonds. The van der Waals surface area contributed by atoms with E-state index in [1.165, 1.54) is 5.56 Å². The number of anilines is 1. The number of benzene rings is 1. The average Bonchev–Trinajstić information content (AvgIpc) is 3.01. The van der Waals surface area contributed by atoms with Crippen molar-refractivity contribution in [2.24, 2.45) is 0 Å². The van der Waals surface area contributed by atoms with Crippen molar-refractivity contribution in [2.45, 2.75) is 19.4 Å². The van der Waals surface area contributed by atoms with Crippen LogP contribution in [0.5, 0.6) is 11.5 Å². The Balaban J connectivity index is 1.71. The molecule has 0 saturated heterocycles. The van der Waals surface area contributed by atoms with Gasteiger partial charge < -0.3 is 14.4 Å². The molecule has 1 aliphatic heterocycles. The summed E-state index contributed by atoms with van der Waals surface area (Å²) in [4.78, 5) is 7.16. The highest BCUT2D eigenvalue weighted by atomic mass is 79.9. The molecule has 0 radical (unpaired) electrons. The summed E-state index contributed by atoms with van der Waals surface area (Å²) in [5.41, 5.74) is 3.18. The second-order valence-corrected chi connectivity index (χ2v) is 6.91. The van der Waals surface area contributed by atoms with Crippen molar-refractivity contribution in [1.82, 2.24) is 14.6 Å². The van der Waals surface area contributed by atoms with Crippen LogP contribution in [0.25, 0.3) is 5.65 Å². The van der Waals surface area contributed by atoms with Gasteiger partial charge in [-0.25, -0.2) is 9.50 Å². The number of hydrogen-bond donors (Lipinski definition) is 0. The van der Waals surface area contributed by atoms with Crippen LogP contribution < -0.4 is 14.4 Å². The molecule has 2 aromatic heterocycles. The number of aryl methyl sites for hydroxylation is 1. The van der Waals surface area contributed by atoms with E-state index in [1.807, 2.05) is 16.6 Å². The first kappa shape index (κ1) is 16.2. The van der Waals surface area contributed by atoms with Gasteiger partial charge in [-0.05, 0) is 40.9 Å². The Morgan fingerprint density at radius 2 is 2.12 bits per heavy atom. The molecule has 25 heavy (non-hydrogen) atoms. The summed E-state index contributed by atoms with van der Waals surface area (Å²) < 4.78 is 13.6. The smallest absolute Gasteiger partial charge is 0.171 e. The van der Waals surface area contributed by atoms with Gasteiger partial charge in [0.1, 0.15) is 17.3 Å². The maximum Gasteiger partial charge on any atom is 0.171 e. The monoisotopic (exact) mass is 402 g/mol. The lowest BCUT2D eigenvalue weighted by atomic mass is 10.1. The summed E-state index contributed by atoms with van der Waals surface area (Å²) in [5, 5.41) is 4.34. The van der Waals surface area contributed by atoms with Crippen LogP contribution in [0.1, 0.15) is 17.5 Å². The third-order valence-electron chi connectivity index (χ3n) is 4.53. The van der Waals surface area contributed by atoms with E-state index in [0.29, 0.717) is 0 Å². The fourth-order valence-corrected chi connectivity index (χ4v) is 3.63. The lowest BCUT2D eigenvalue weighted by Crippen LogP contribution is -2.30. The summed E-state index contributed by atoms with van der Waals surface area (Å²) in [6.45, 7) is 1.71. The molecule has 0 unspecified atom stereocenters.